The predicted octanol–water partition coefficient (Wildman–Crippen LogP) is 4.61. The van der Waals surface area contributed by atoms with Crippen molar-refractivity contribution >= 4 is 28.8 Å². The number of amides is 1. The molecule has 5 nitrogen and oxygen atoms in total. The van der Waals surface area contributed by atoms with E-state index in [-0.39, 0.29) is 11.3 Å². The van der Waals surface area contributed by atoms with E-state index in [1.165, 1.54) is 18.2 Å². The van der Waals surface area contributed by atoms with Crippen molar-refractivity contribution in [1.82, 2.24) is 9.38 Å². The smallest absolute Gasteiger partial charge is 0.259 e. The third kappa shape index (κ3) is 3.12. The van der Waals surface area contributed by atoms with Crippen molar-refractivity contribution < 1.29 is 9.90 Å². The van der Waals surface area contributed by atoms with Crippen LogP contribution in [-0.4, -0.2) is 20.4 Å². The van der Waals surface area contributed by atoms with Gasteiger partial charge in [-0.2, -0.15) is 0 Å². The monoisotopic (exact) mass is 363 g/mol. The molecule has 2 aromatic carbocycles. The van der Waals surface area contributed by atoms with E-state index >= 15 is 0 Å². The zero-order chi connectivity index (χ0) is 18.1. The van der Waals surface area contributed by atoms with Gasteiger partial charge >= 0.3 is 0 Å². The first-order valence-corrected chi connectivity index (χ1v) is 8.32. The van der Waals surface area contributed by atoms with Gasteiger partial charge in [-0.1, -0.05) is 29.8 Å². The van der Waals surface area contributed by atoms with Crippen LogP contribution in [0.1, 0.15) is 10.4 Å². The largest absolute Gasteiger partial charge is 0.507 e. The van der Waals surface area contributed by atoms with Gasteiger partial charge in [-0.3, -0.25) is 4.79 Å². The Morgan fingerprint density at radius 3 is 2.81 bits per heavy atom. The minimum atomic E-state index is -0.433. The SMILES string of the molecule is O=C(Nc1cccc(-c2cn3ccccc3n2)c1)c1cc(Cl)ccc1O. The van der Waals surface area contributed by atoms with Gasteiger partial charge in [0.25, 0.3) is 5.91 Å². The molecule has 0 atom stereocenters. The van der Waals surface area contributed by atoms with Crippen LogP contribution in [0, 0.1) is 0 Å². The molecule has 0 radical (unpaired) electrons. The topological polar surface area (TPSA) is 66.6 Å². The second-order valence-electron chi connectivity index (χ2n) is 5.79. The van der Waals surface area contributed by atoms with Gasteiger partial charge < -0.3 is 14.8 Å². The molecule has 128 valence electrons. The fraction of sp³-hybridized carbons (Fsp3) is 0. The number of nitrogens with one attached hydrogen (secondary N) is 1. The zero-order valence-corrected chi connectivity index (χ0v) is 14.3. The summed E-state index contributed by atoms with van der Waals surface area (Å²) in [5, 5.41) is 13.0. The lowest BCUT2D eigenvalue weighted by molar-refractivity contribution is 0.102. The van der Waals surface area contributed by atoms with E-state index in [1.807, 2.05) is 53.2 Å². The first-order valence-electron chi connectivity index (χ1n) is 7.94. The molecule has 0 aliphatic rings. The molecular weight excluding hydrogens is 350 g/mol. The molecule has 0 bridgehead atoms. The molecule has 2 aromatic heterocycles. The average Bonchev–Trinajstić information content (AvgIpc) is 3.08. The third-order valence-corrected chi connectivity index (χ3v) is 4.22. The minimum absolute atomic E-state index is 0.121. The predicted molar refractivity (Wildman–Crippen MR) is 102 cm³/mol. The number of fused-ring (bicyclic) bond motifs is 1. The Kier molecular flexibility index (Phi) is 4.07. The zero-order valence-electron chi connectivity index (χ0n) is 13.6. The lowest BCUT2D eigenvalue weighted by atomic mass is 10.1. The summed E-state index contributed by atoms with van der Waals surface area (Å²) in [5.74, 6) is -0.555. The quantitative estimate of drug-likeness (QED) is 0.558. The Morgan fingerprint density at radius 2 is 1.96 bits per heavy atom. The van der Waals surface area contributed by atoms with Crippen LogP contribution < -0.4 is 5.32 Å². The number of nitrogens with zero attached hydrogens (tertiary/aromatic N) is 2. The lowest BCUT2D eigenvalue weighted by Crippen LogP contribution is -2.12. The summed E-state index contributed by atoms with van der Waals surface area (Å²) in [5.41, 5.74) is 3.25. The van der Waals surface area contributed by atoms with Crippen molar-refractivity contribution in [2.45, 2.75) is 0 Å². The summed E-state index contributed by atoms with van der Waals surface area (Å²) in [4.78, 5) is 17.0. The Labute approximate surface area is 154 Å². The summed E-state index contributed by atoms with van der Waals surface area (Å²) >= 11 is 5.91. The van der Waals surface area contributed by atoms with Crippen LogP contribution in [0.3, 0.4) is 0 Å². The van der Waals surface area contributed by atoms with Gasteiger partial charge in [0, 0.05) is 28.7 Å². The van der Waals surface area contributed by atoms with Crippen molar-refractivity contribution in [2.75, 3.05) is 5.32 Å². The lowest BCUT2D eigenvalue weighted by Gasteiger charge is -2.08. The van der Waals surface area contributed by atoms with E-state index < -0.39 is 5.91 Å². The number of phenols is 1. The highest BCUT2D eigenvalue weighted by Crippen LogP contribution is 2.25. The van der Waals surface area contributed by atoms with Gasteiger partial charge in [-0.05, 0) is 42.5 Å². The van der Waals surface area contributed by atoms with E-state index in [4.69, 9.17) is 11.6 Å². The highest BCUT2D eigenvalue weighted by molar-refractivity contribution is 6.31. The molecule has 1 amide bonds. The molecule has 4 rings (SSSR count). The number of phenolic OH excluding ortho intramolecular Hbond substituents is 1. The van der Waals surface area contributed by atoms with Crippen LogP contribution in [-0.2, 0) is 0 Å². The number of hydrogen-bond acceptors (Lipinski definition) is 3. The van der Waals surface area contributed by atoms with Gasteiger partial charge in [0.2, 0.25) is 0 Å². The van der Waals surface area contributed by atoms with E-state index in [0.717, 1.165) is 16.9 Å². The second-order valence-corrected chi connectivity index (χ2v) is 6.23. The minimum Gasteiger partial charge on any atom is -0.507 e. The second kappa shape index (κ2) is 6.54. The third-order valence-electron chi connectivity index (χ3n) is 3.98. The summed E-state index contributed by atoms with van der Waals surface area (Å²) in [6, 6.07) is 17.5. The Bertz CT molecular complexity index is 1090. The number of carbonyl (C=O) groups is 1. The van der Waals surface area contributed by atoms with E-state index in [2.05, 4.69) is 10.3 Å². The van der Waals surface area contributed by atoms with Crippen molar-refractivity contribution in [3.8, 4) is 17.0 Å². The maximum atomic E-state index is 12.4. The number of anilines is 1. The van der Waals surface area contributed by atoms with E-state index in [1.54, 1.807) is 6.07 Å². The summed E-state index contributed by atoms with van der Waals surface area (Å²) in [6.45, 7) is 0. The van der Waals surface area contributed by atoms with Gasteiger partial charge in [-0.25, -0.2) is 4.98 Å². The molecule has 0 spiro atoms. The normalized spacial score (nSPS) is 10.8. The molecule has 2 heterocycles. The molecule has 6 heteroatoms. The van der Waals surface area contributed by atoms with Gasteiger partial charge in [0.05, 0.1) is 11.3 Å². The number of benzene rings is 2. The van der Waals surface area contributed by atoms with E-state index in [0.29, 0.717) is 10.7 Å². The summed E-state index contributed by atoms with van der Waals surface area (Å²) in [6.07, 6.45) is 3.86. The molecule has 0 saturated carbocycles. The molecule has 0 unspecified atom stereocenters. The van der Waals surface area contributed by atoms with E-state index in [9.17, 15) is 9.90 Å². The fourth-order valence-corrected chi connectivity index (χ4v) is 2.89. The first-order chi connectivity index (χ1) is 12.6. The number of rotatable bonds is 3. The van der Waals surface area contributed by atoms with Crippen LogP contribution in [0.15, 0.2) is 73.1 Å². The molecule has 26 heavy (non-hydrogen) atoms. The average molecular weight is 364 g/mol. The Balaban J connectivity index is 1.63. The number of imidazole rings is 1. The number of aromatic nitrogens is 2. The van der Waals surface area contributed by atoms with Crippen LogP contribution in [0.25, 0.3) is 16.9 Å². The maximum absolute atomic E-state index is 12.4. The molecule has 0 aliphatic heterocycles. The summed E-state index contributed by atoms with van der Waals surface area (Å²) < 4.78 is 1.94. The summed E-state index contributed by atoms with van der Waals surface area (Å²) in [7, 11) is 0. The maximum Gasteiger partial charge on any atom is 0.259 e. The highest BCUT2D eigenvalue weighted by atomic mass is 35.5. The van der Waals surface area contributed by atoms with Crippen molar-refractivity contribution in [3.05, 3.63) is 83.6 Å². The highest BCUT2D eigenvalue weighted by Gasteiger charge is 2.13. The van der Waals surface area contributed by atoms with Crippen LogP contribution in [0.5, 0.6) is 5.75 Å². The number of carbonyl (C=O) groups excluding carboxylic acids is 1. The molecule has 0 fully saturated rings. The van der Waals surface area contributed by atoms with Crippen molar-refractivity contribution in [3.63, 3.8) is 0 Å². The standard InChI is InChI=1S/C20H14ClN3O2/c21-14-7-8-18(25)16(11-14)20(26)22-15-5-3-4-13(10-15)17-12-24-9-2-1-6-19(24)23-17/h1-12,25H,(H,22,26). The first kappa shape index (κ1) is 16.2. The fourth-order valence-electron chi connectivity index (χ4n) is 2.72. The van der Waals surface area contributed by atoms with Crippen LogP contribution in [0.4, 0.5) is 5.69 Å². The number of aromatic hydroxyl groups is 1. The van der Waals surface area contributed by atoms with Crippen molar-refractivity contribution in [2.24, 2.45) is 0 Å². The van der Waals surface area contributed by atoms with Crippen LogP contribution in [0.2, 0.25) is 5.02 Å². The molecule has 4 aromatic rings. The molecular formula is C20H14ClN3O2. The molecule has 2 N–H and O–H groups in total. The number of hydrogen-bond donors (Lipinski definition) is 2. The number of pyridine rings is 1. The van der Waals surface area contributed by atoms with Gasteiger partial charge in [0.1, 0.15) is 11.4 Å². The van der Waals surface area contributed by atoms with Crippen molar-refractivity contribution in [1.29, 1.82) is 0 Å². The van der Waals surface area contributed by atoms with Crippen LogP contribution >= 0.6 is 11.6 Å². The molecule has 0 saturated heterocycles. The van der Waals surface area contributed by atoms with Gasteiger partial charge in [-0.15, -0.1) is 0 Å². The molecule has 0 aliphatic carbocycles. The Morgan fingerprint density at radius 1 is 1.08 bits per heavy atom. The Hall–Kier alpha value is -3.31. The van der Waals surface area contributed by atoms with Gasteiger partial charge in [0.15, 0.2) is 0 Å². The number of halogens is 1.